The molecule has 0 aromatic carbocycles. The fourth-order valence-corrected chi connectivity index (χ4v) is 3.82. The van der Waals surface area contributed by atoms with Crippen LogP contribution in [0.2, 0.25) is 0 Å². The third kappa shape index (κ3) is 3.45. The predicted molar refractivity (Wildman–Crippen MR) is 72.1 cm³/mol. The molecule has 1 heterocycles. The smallest absolute Gasteiger partial charge is 0.0510 e. The molecule has 2 heteroatoms. The summed E-state index contributed by atoms with van der Waals surface area (Å²) in [6.07, 6.45) is 8.43. The molecule has 4 unspecified atom stereocenters. The largest absolute Gasteiger partial charge is 0.381 e. The first-order valence-corrected chi connectivity index (χ1v) is 7.66. The van der Waals surface area contributed by atoms with E-state index in [1.165, 1.54) is 38.5 Å². The van der Waals surface area contributed by atoms with Crippen LogP contribution in [0.5, 0.6) is 0 Å². The fraction of sp³-hybridized carbons (Fsp3) is 1.00. The Morgan fingerprint density at radius 3 is 2.71 bits per heavy atom. The molecule has 0 amide bonds. The molecule has 2 fully saturated rings. The van der Waals surface area contributed by atoms with Crippen molar-refractivity contribution >= 4 is 0 Å². The molecule has 2 rings (SSSR count). The van der Waals surface area contributed by atoms with Gasteiger partial charge in [-0.25, -0.2) is 0 Å². The van der Waals surface area contributed by atoms with Crippen LogP contribution in [0.15, 0.2) is 0 Å². The van der Waals surface area contributed by atoms with Gasteiger partial charge in [-0.1, -0.05) is 33.1 Å². The molecule has 1 N–H and O–H groups in total. The molecule has 1 aliphatic carbocycles. The van der Waals surface area contributed by atoms with Crippen LogP contribution in [0, 0.1) is 17.8 Å². The van der Waals surface area contributed by atoms with Crippen LogP contribution in [0.4, 0.5) is 0 Å². The Balaban J connectivity index is 1.93. The Bertz CT molecular complexity index is 213. The van der Waals surface area contributed by atoms with E-state index in [9.17, 15) is 0 Å². The van der Waals surface area contributed by atoms with Gasteiger partial charge in [0.1, 0.15) is 0 Å². The lowest BCUT2D eigenvalue weighted by atomic mass is 9.73. The maximum Gasteiger partial charge on any atom is 0.0510 e. The van der Waals surface area contributed by atoms with E-state index >= 15 is 0 Å². The highest BCUT2D eigenvalue weighted by Crippen LogP contribution is 2.36. The number of nitrogens with one attached hydrogen (secondary N) is 1. The molecule has 2 aliphatic rings. The topological polar surface area (TPSA) is 21.3 Å². The Labute approximate surface area is 107 Å². The van der Waals surface area contributed by atoms with Gasteiger partial charge in [-0.15, -0.1) is 0 Å². The zero-order valence-corrected chi connectivity index (χ0v) is 11.6. The zero-order valence-electron chi connectivity index (χ0n) is 11.6. The lowest BCUT2D eigenvalue weighted by molar-refractivity contribution is 0.139. The van der Waals surface area contributed by atoms with Crippen LogP contribution in [0.1, 0.15) is 52.4 Å². The van der Waals surface area contributed by atoms with Crippen molar-refractivity contribution in [3.63, 3.8) is 0 Å². The maximum atomic E-state index is 5.59. The molecule has 0 aromatic heterocycles. The van der Waals surface area contributed by atoms with E-state index in [0.29, 0.717) is 0 Å². The lowest BCUT2D eigenvalue weighted by Crippen LogP contribution is -2.44. The summed E-state index contributed by atoms with van der Waals surface area (Å²) in [4.78, 5) is 0. The highest BCUT2D eigenvalue weighted by atomic mass is 16.5. The van der Waals surface area contributed by atoms with E-state index in [4.69, 9.17) is 4.74 Å². The molecular formula is C15H29NO. The van der Waals surface area contributed by atoms with E-state index in [1.54, 1.807) is 0 Å². The third-order valence-corrected chi connectivity index (χ3v) is 4.82. The van der Waals surface area contributed by atoms with Gasteiger partial charge < -0.3 is 10.1 Å². The predicted octanol–water partition coefficient (Wildman–Crippen LogP) is 3.22. The van der Waals surface area contributed by atoms with E-state index in [2.05, 4.69) is 19.2 Å². The second kappa shape index (κ2) is 6.75. The van der Waals surface area contributed by atoms with Gasteiger partial charge in [-0.3, -0.25) is 0 Å². The monoisotopic (exact) mass is 239 g/mol. The molecule has 1 saturated carbocycles. The van der Waals surface area contributed by atoms with E-state index < -0.39 is 0 Å². The normalized spacial score (nSPS) is 36.0. The first kappa shape index (κ1) is 13.4. The molecule has 0 aromatic rings. The Morgan fingerprint density at radius 2 is 2.06 bits per heavy atom. The Kier molecular flexibility index (Phi) is 5.30. The number of hydrogen-bond acceptors (Lipinski definition) is 2. The van der Waals surface area contributed by atoms with Crippen molar-refractivity contribution in [3.8, 4) is 0 Å². The van der Waals surface area contributed by atoms with Gasteiger partial charge in [-0.2, -0.15) is 0 Å². The molecule has 0 bridgehead atoms. The average Bonchev–Trinajstić information content (AvgIpc) is 2.89. The summed E-state index contributed by atoms with van der Waals surface area (Å²) in [6.45, 7) is 7.67. The standard InChI is InChI=1S/C15H29NO/c1-3-12-6-5-7-13(10-12)15(16-4-2)14-8-9-17-11-14/h12-16H,3-11H2,1-2H3. The van der Waals surface area contributed by atoms with Gasteiger partial charge in [0.25, 0.3) is 0 Å². The van der Waals surface area contributed by atoms with Crippen LogP contribution in [-0.2, 0) is 4.74 Å². The molecule has 17 heavy (non-hydrogen) atoms. The van der Waals surface area contributed by atoms with Crippen molar-refractivity contribution in [3.05, 3.63) is 0 Å². The third-order valence-electron chi connectivity index (χ3n) is 4.82. The molecule has 4 atom stereocenters. The summed E-state index contributed by atoms with van der Waals surface area (Å²) in [6, 6.07) is 0.719. The number of ether oxygens (including phenoxy) is 1. The van der Waals surface area contributed by atoms with Crippen LogP contribution in [-0.4, -0.2) is 25.8 Å². The molecule has 2 nitrogen and oxygen atoms in total. The van der Waals surface area contributed by atoms with Crippen LogP contribution >= 0.6 is 0 Å². The molecule has 100 valence electrons. The van der Waals surface area contributed by atoms with Crippen molar-refractivity contribution in [2.24, 2.45) is 17.8 Å². The Morgan fingerprint density at radius 1 is 1.18 bits per heavy atom. The highest BCUT2D eigenvalue weighted by molar-refractivity contribution is 4.88. The molecular weight excluding hydrogens is 210 g/mol. The minimum atomic E-state index is 0.719. The van der Waals surface area contributed by atoms with Crippen LogP contribution in [0.3, 0.4) is 0 Å². The second-order valence-corrected chi connectivity index (χ2v) is 5.91. The van der Waals surface area contributed by atoms with Crippen molar-refractivity contribution < 1.29 is 4.74 Å². The summed E-state index contributed by atoms with van der Waals surface area (Å²) in [5.41, 5.74) is 0. The summed E-state index contributed by atoms with van der Waals surface area (Å²) in [5.74, 6) is 2.66. The minimum absolute atomic E-state index is 0.719. The van der Waals surface area contributed by atoms with Gasteiger partial charge in [0.15, 0.2) is 0 Å². The average molecular weight is 239 g/mol. The molecule has 0 spiro atoms. The minimum Gasteiger partial charge on any atom is -0.381 e. The van der Waals surface area contributed by atoms with Gasteiger partial charge in [-0.05, 0) is 37.6 Å². The summed E-state index contributed by atoms with van der Waals surface area (Å²) in [5, 5.41) is 3.76. The van der Waals surface area contributed by atoms with Crippen LogP contribution < -0.4 is 5.32 Å². The van der Waals surface area contributed by atoms with Gasteiger partial charge in [0, 0.05) is 18.6 Å². The first-order chi connectivity index (χ1) is 8.35. The summed E-state index contributed by atoms with van der Waals surface area (Å²) >= 11 is 0. The second-order valence-electron chi connectivity index (χ2n) is 5.91. The zero-order chi connectivity index (χ0) is 12.1. The molecule has 1 saturated heterocycles. The van der Waals surface area contributed by atoms with Crippen molar-refractivity contribution in [2.45, 2.75) is 58.4 Å². The summed E-state index contributed by atoms with van der Waals surface area (Å²) < 4.78 is 5.59. The lowest BCUT2D eigenvalue weighted by Gasteiger charge is -2.37. The SMILES string of the molecule is CCNC(C1CCOC1)C1CCCC(CC)C1. The van der Waals surface area contributed by atoms with Gasteiger partial charge in [0.2, 0.25) is 0 Å². The van der Waals surface area contributed by atoms with E-state index in [1.807, 2.05) is 0 Å². The van der Waals surface area contributed by atoms with Crippen molar-refractivity contribution in [2.75, 3.05) is 19.8 Å². The molecule has 1 aliphatic heterocycles. The maximum absolute atomic E-state index is 5.59. The van der Waals surface area contributed by atoms with Gasteiger partial charge >= 0.3 is 0 Å². The number of hydrogen-bond donors (Lipinski definition) is 1. The van der Waals surface area contributed by atoms with E-state index in [0.717, 1.165) is 43.6 Å². The molecule has 0 radical (unpaired) electrons. The fourth-order valence-electron chi connectivity index (χ4n) is 3.82. The number of rotatable bonds is 5. The quantitative estimate of drug-likeness (QED) is 0.795. The summed E-state index contributed by atoms with van der Waals surface area (Å²) in [7, 11) is 0. The first-order valence-electron chi connectivity index (χ1n) is 7.66. The highest BCUT2D eigenvalue weighted by Gasteiger charge is 2.34. The van der Waals surface area contributed by atoms with Gasteiger partial charge in [0.05, 0.1) is 6.61 Å². The van der Waals surface area contributed by atoms with E-state index in [-0.39, 0.29) is 0 Å². The van der Waals surface area contributed by atoms with Crippen molar-refractivity contribution in [1.82, 2.24) is 5.32 Å². The van der Waals surface area contributed by atoms with Crippen LogP contribution in [0.25, 0.3) is 0 Å². The Hall–Kier alpha value is -0.0800. The van der Waals surface area contributed by atoms with Crippen molar-refractivity contribution in [1.29, 1.82) is 0 Å².